The SMILES string of the molecule is CCC1(SOSC2(CC)CCCCC2)CCCCC1. The Labute approximate surface area is 128 Å². The fourth-order valence-electron chi connectivity index (χ4n) is 3.55. The van der Waals surface area contributed by atoms with Gasteiger partial charge in [-0.1, -0.05) is 52.4 Å². The van der Waals surface area contributed by atoms with Crippen LogP contribution >= 0.6 is 24.1 Å². The van der Waals surface area contributed by atoms with Gasteiger partial charge in [0.1, 0.15) is 0 Å². The molecule has 2 aliphatic rings. The second kappa shape index (κ2) is 7.61. The van der Waals surface area contributed by atoms with Gasteiger partial charge in [-0.25, -0.2) is 3.63 Å². The van der Waals surface area contributed by atoms with E-state index in [1.165, 1.54) is 77.0 Å². The maximum absolute atomic E-state index is 6.13. The molecule has 19 heavy (non-hydrogen) atoms. The van der Waals surface area contributed by atoms with E-state index in [0.717, 1.165) is 0 Å². The molecule has 0 bridgehead atoms. The van der Waals surface area contributed by atoms with Gasteiger partial charge in [0.2, 0.25) is 0 Å². The predicted molar refractivity (Wildman–Crippen MR) is 88.5 cm³/mol. The molecule has 0 heterocycles. The van der Waals surface area contributed by atoms with Crippen molar-refractivity contribution in [1.29, 1.82) is 0 Å². The Bertz CT molecular complexity index is 229. The van der Waals surface area contributed by atoms with Crippen LogP contribution in [0.2, 0.25) is 0 Å². The summed E-state index contributed by atoms with van der Waals surface area (Å²) < 4.78 is 6.99. The minimum atomic E-state index is 0.425. The van der Waals surface area contributed by atoms with E-state index in [9.17, 15) is 0 Å². The van der Waals surface area contributed by atoms with E-state index >= 15 is 0 Å². The van der Waals surface area contributed by atoms with Crippen molar-refractivity contribution in [3.63, 3.8) is 0 Å². The molecule has 112 valence electrons. The highest BCUT2D eigenvalue weighted by atomic mass is 32.2. The summed E-state index contributed by atoms with van der Waals surface area (Å²) >= 11 is 3.63. The van der Waals surface area contributed by atoms with Crippen LogP contribution in [0, 0.1) is 0 Å². The third-order valence-corrected chi connectivity index (χ3v) is 7.89. The highest BCUT2D eigenvalue weighted by Crippen LogP contribution is 2.49. The molecular formula is C16H30OS2. The van der Waals surface area contributed by atoms with Crippen molar-refractivity contribution in [2.45, 2.75) is 100 Å². The lowest BCUT2D eigenvalue weighted by Gasteiger charge is -2.38. The van der Waals surface area contributed by atoms with Crippen molar-refractivity contribution in [3.8, 4) is 0 Å². The molecule has 0 spiro atoms. The lowest BCUT2D eigenvalue weighted by Crippen LogP contribution is -2.29. The van der Waals surface area contributed by atoms with Gasteiger partial charge in [0.15, 0.2) is 0 Å². The van der Waals surface area contributed by atoms with Crippen LogP contribution in [-0.4, -0.2) is 9.49 Å². The molecule has 0 atom stereocenters. The summed E-state index contributed by atoms with van der Waals surface area (Å²) in [5, 5.41) is 0. The summed E-state index contributed by atoms with van der Waals surface area (Å²) in [6, 6.07) is 0. The van der Waals surface area contributed by atoms with Gasteiger partial charge in [0.05, 0.1) is 0 Å². The quantitative estimate of drug-likeness (QED) is 0.516. The van der Waals surface area contributed by atoms with Crippen molar-refractivity contribution in [2.75, 3.05) is 0 Å². The molecule has 3 heteroatoms. The molecule has 0 saturated heterocycles. The Kier molecular flexibility index (Phi) is 6.42. The average molecular weight is 303 g/mol. The van der Waals surface area contributed by atoms with Crippen LogP contribution in [0.15, 0.2) is 0 Å². The van der Waals surface area contributed by atoms with Crippen LogP contribution in [0.4, 0.5) is 0 Å². The largest absolute Gasteiger partial charge is 0.246 e. The molecule has 0 aromatic rings. The highest BCUT2D eigenvalue weighted by Gasteiger charge is 2.36. The summed E-state index contributed by atoms with van der Waals surface area (Å²) in [7, 11) is 0. The maximum Gasteiger partial charge on any atom is 0.0432 e. The number of rotatable bonds is 6. The number of hydrogen-bond donors (Lipinski definition) is 0. The molecule has 2 saturated carbocycles. The van der Waals surface area contributed by atoms with Gasteiger partial charge in [-0.15, -0.1) is 0 Å². The molecular weight excluding hydrogens is 272 g/mol. The van der Waals surface area contributed by atoms with Gasteiger partial charge in [0.25, 0.3) is 0 Å². The zero-order valence-electron chi connectivity index (χ0n) is 12.7. The molecule has 0 aliphatic heterocycles. The summed E-state index contributed by atoms with van der Waals surface area (Å²) in [6.07, 6.45) is 16.4. The van der Waals surface area contributed by atoms with E-state index in [2.05, 4.69) is 13.8 Å². The van der Waals surface area contributed by atoms with Crippen LogP contribution in [-0.2, 0) is 3.63 Å². The van der Waals surface area contributed by atoms with E-state index in [0.29, 0.717) is 9.49 Å². The van der Waals surface area contributed by atoms with Crippen molar-refractivity contribution < 1.29 is 3.63 Å². The minimum absolute atomic E-state index is 0.425. The molecule has 0 N–H and O–H groups in total. The fourth-order valence-corrected chi connectivity index (χ4v) is 5.98. The highest BCUT2D eigenvalue weighted by molar-refractivity contribution is 8.09. The van der Waals surface area contributed by atoms with Crippen molar-refractivity contribution in [3.05, 3.63) is 0 Å². The normalized spacial score (nSPS) is 26.2. The zero-order chi connectivity index (χ0) is 13.6. The van der Waals surface area contributed by atoms with Gasteiger partial charge >= 0.3 is 0 Å². The standard InChI is InChI=1S/C16H30OS2/c1-3-15(11-7-5-8-12-15)18-17-19-16(4-2)13-9-6-10-14-16/h3-14H2,1-2H3. The molecule has 1 nitrogen and oxygen atoms in total. The van der Waals surface area contributed by atoms with Crippen LogP contribution < -0.4 is 0 Å². The summed E-state index contributed by atoms with van der Waals surface area (Å²) in [4.78, 5) is 0. The third-order valence-electron chi connectivity index (χ3n) is 5.24. The Hall–Kier alpha value is 0.660. The van der Waals surface area contributed by atoms with Crippen LogP contribution in [0.25, 0.3) is 0 Å². The first-order valence-corrected chi connectivity index (χ1v) is 9.76. The fraction of sp³-hybridized carbons (Fsp3) is 1.00. The molecule has 2 rings (SSSR count). The van der Waals surface area contributed by atoms with Gasteiger partial charge < -0.3 is 0 Å². The van der Waals surface area contributed by atoms with Crippen LogP contribution in [0.5, 0.6) is 0 Å². The first kappa shape index (κ1) is 16.0. The van der Waals surface area contributed by atoms with Crippen LogP contribution in [0.3, 0.4) is 0 Å². The summed E-state index contributed by atoms with van der Waals surface area (Å²) in [6.45, 7) is 4.67. The lowest BCUT2D eigenvalue weighted by atomic mass is 9.86. The van der Waals surface area contributed by atoms with Gasteiger partial charge in [-0.2, -0.15) is 0 Å². The second-order valence-electron chi connectivity index (χ2n) is 6.43. The van der Waals surface area contributed by atoms with Gasteiger partial charge in [0, 0.05) is 33.6 Å². The Balaban J connectivity index is 1.80. The van der Waals surface area contributed by atoms with Gasteiger partial charge in [-0.3, -0.25) is 0 Å². The van der Waals surface area contributed by atoms with E-state index in [1.54, 1.807) is 0 Å². The van der Waals surface area contributed by atoms with Crippen molar-refractivity contribution in [2.24, 2.45) is 0 Å². The summed E-state index contributed by atoms with van der Waals surface area (Å²) in [5.41, 5.74) is 0. The van der Waals surface area contributed by atoms with Crippen LogP contribution in [0.1, 0.15) is 90.9 Å². The Morgan fingerprint density at radius 1 is 0.684 bits per heavy atom. The predicted octanol–water partition coefficient (Wildman–Crippen LogP) is 6.53. The smallest absolute Gasteiger partial charge is 0.0432 e. The first-order chi connectivity index (χ1) is 9.24. The Morgan fingerprint density at radius 3 is 1.37 bits per heavy atom. The van der Waals surface area contributed by atoms with E-state index in [1.807, 2.05) is 24.1 Å². The molecule has 2 fully saturated rings. The maximum atomic E-state index is 6.13. The topological polar surface area (TPSA) is 9.23 Å². The van der Waals surface area contributed by atoms with E-state index < -0.39 is 0 Å². The third kappa shape index (κ3) is 4.31. The monoisotopic (exact) mass is 302 g/mol. The minimum Gasteiger partial charge on any atom is -0.246 e. The van der Waals surface area contributed by atoms with Gasteiger partial charge in [-0.05, 0) is 38.5 Å². The van der Waals surface area contributed by atoms with Crippen molar-refractivity contribution in [1.82, 2.24) is 0 Å². The molecule has 0 amide bonds. The van der Waals surface area contributed by atoms with E-state index in [4.69, 9.17) is 3.63 Å². The Morgan fingerprint density at radius 2 is 1.05 bits per heavy atom. The van der Waals surface area contributed by atoms with E-state index in [-0.39, 0.29) is 0 Å². The lowest BCUT2D eigenvalue weighted by molar-refractivity contribution is 0.369. The molecule has 2 aliphatic carbocycles. The molecule has 0 aromatic carbocycles. The second-order valence-corrected chi connectivity index (χ2v) is 9.04. The zero-order valence-corrected chi connectivity index (χ0v) is 14.3. The first-order valence-electron chi connectivity index (χ1n) is 8.28. The summed E-state index contributed by atoms with van der Waals surface area (Å²) in [5.74, 6) is 0. The molecule has 0 radical (unpaired) electrons. The average Bonchev–Trinajstić information content (AvgIpc) is 2.49. The molecule has 0 aromatic heterocycles. The van der Waals surface area contributed by atoms with Crippen molar-refractivity contribution >= 4 is 24.1 Å². The number of hydrogen-bond acceptors (Lipinski definition) is 3. The molecule has 0 unspecified atom stereocenters.